The molecule has 1 heterocycles. The van der Waals surface area contributed by atoms with Crippen molar-refractivity contribution in [3.63, 3.8) is 0 Å². The summed E-state index contributed by atoms with van der Waals surface area (Å²) in [7, 11) is -3.76. The van der Waals surface area contributed by atoms with Gasteiger partial charge in [-0.1, -0.05) is 25.2 Å². The van der Waals surface area contributed by atoms with E-state index < -0.39 is 15.8 Å². The quantitative estimate of drug-likeness (QED) is 0.862. The average molecular weight is 310 g/mol. The molecular formula is C15H19FN2O2S. The number of hydrogen-bond donors (Lipinski definition) is 1. The molecule has 0 bridgehead atoms. The Balaban J connectivity index is 2.29. The van der Waals surface area contributed by atoms with E-state index in [1.807, 2.05) is 6.92 Å². The summed E-state index contributed by atoms with van der Waals surface area (Å²) in [5, 5.41) is 0. The molecule has 1 unspecified atom stereocenters. The molecule has 1 fully saturated rings. The fraction of sp³-hybridized carbons (Fsp3) is 0.467. The van der Waals surface area contributed by atoms with Crippen molar-refractivity contribution in [3.05, 3.63) is 29.6 Å². The Kier molecular flexibility index (Phi) is 4.99. The minimum absolute atomic E-state index is 0.174. The summed E-state index contributed by atoms with van der Waals surface area (Å²) in [5.41, 5.74) is 5.67. The molecule has 4 nitrogen and oxygen atoms in total. The fourth-order valence-electron chi connectivity index (χ4n) is 2.43. The lowest BCUT2D eigenvalue weighted by molar-refractivity contribution is 0.448. The van der Waals surface area contributed by atoms with Crippen molar-refractivity contribution in [3.8, 4) is 11.8 Å². The molecule has 2 N–H and O–H groups in total. The van der Waals surface area contributed by atoms with Crippen LogP contribution in [0.3, 0.4) is 0 Å². The third-order valence-electron chi connectivity index (χ3n) is 3.71. The maximum Gasteiger partial charge on any atom is 0.245 e. The van der Waals surface area contributed by atoms with E-state index in [9.17, 15) is 12.8 Å². The van der Waals surface area contributed by atoms with Crippen LogP contribution in [0.25, 0.3) is 0 Å². The normalized spacial score (nSPS) is 19.3. The lowest BCUT2D eigenvalue weighted by Crippen LogP contribution is -2.29. The summed E-state index contributed by atoms with van der Waals surface area (Å²) in [6, 6.07) is 3.93. The van der Waals surface area contributed by atoms with Gasteiger partial charge in [0.25, 0.3) is 0 Å². The van der Waals surface area contributed by atoms with Crippen molar-refractivity contribution in [2.75, 3.05) is 19.6 Å². The standard InChI is InChI=1S/C15H19FN2O2S/c1-2-12-7-9-18(11-12)21(19,20)15-6-5-13(4-3-8-17)10-14(15)16/h5-6,10,12H,2,7-9,11,17H2,1H3. The monoisotopic (exact) mass is 310 g/mol. The summed E-state index contributed by atoms with van der Waals surface area (Å²) in [6.45, 7) is 3.13. The fourth-order valence-corrected chi connectivity index (χ4v) is 4.00. The van der Waals surface area contributed by atoms with Crippen molar-refractivity contribution >= 4 is 10.0 Å². The minimum atomic E-state index is -3.76. The minimum Gasteiger partial charge on any atom is -0.320 e. The number of sulfonamides is 1. The van der Waals surface area contributed by atoms with Crippen molar-refractivity contribution in [2.24, 2.45) is 11.7 Å². The third kappa shape index (κ3) is 3.43. The van der Waals surface area contributed by atoms with Crippen molar-refractivity contribution < 1.29 is 12.8 Å². The van der Waals surface area contributed by atoms with E-state index in [0.29, 0.717) is 24.6 Å². The molecule has 0 aliphatic carbocycles. The van der Waals surface area contributed by atoms with Gasteiger partial charge in [-0.3, -0.25) is 0 Å². The van der Waals surface area contributed by atoms with Crippen LogP contribution in [-0.4, -0.2) is 32.4 Å². The summed E-state index contributed by atoms with van der Waals surface area (Å²) in [6.07, 6.45) is 1.76. The van der Waals surface area contributed by atoms with E-state index in [-0.39, 0.29) is 11.4 Å². The zero-order valence-electron chi connectivity index (χ0n) is 12.0. The zero-order chi connectivity index (χ0) is 15.5. The van der Waals surface area contributed by atoms with Gasteiger partial charge in [-0.05, 0) is 30.5 Å². The van der Waals surface area contributed by atoms with Gasteiger partial charge in [0.05, 0.1) is 6.54 Å². The predicted molar refractivity (Wildman–Crippen MR) is 79.5 cm³/mol. The molecule has 1 atom stereocenters. The highest BCUT2D eigenvalue weighted by atomic mass is 32.2. The molecule has 0 radical (unpaired) electrons. The second-order valence-electron chi connectivity index (χ2n) is 5.08. The van der Waals surface area contributed by atoms with Crippen LogP contribution in [0.2, 0.25) is 0 Å². The number of halogens is 1. The SMILES string of the molecule is CCC1CCN(S(=O)(=O)c2ccc(C#CCN)cc2F)C1. The highest BCUT2D eigenvalue weighted by Gasteiger charge is 2.33. The van der Waals surface area contributed by atoms with Gasteiger partial charge in [0.15, 0.2) is 0 Å². The smallest absolute Gasteiger partial charge is 0.245 e. The average Bonchev–Trinajstić information content (AvgIpc) is 2.94. The number of rotatable bonds is 3. The summed E-state index contributed by atoms with van der Waals surface area (Å²) < 4.78 is 40.4. The molecule has 0 spiro atoms. The second kappa shape index (κ2) is 6.56. The number of hydrogen-bond acceptors (Lipinski definition) is 3. The van der Waals surface area contributed by atoms with Crippen LogP contribution in [0.15, 0.2) is 23.1 Å². The molecule has 1 saturated heterocycles. The van der Waals surface area contributed by atoms with Crippen LogP contribution in [0, 0.1) is 23.6 Å². The highest BCUT2D eigenvalue weighted by Crippen LogP contribution is 2.27. The van der Waals surface area contributed by atoms with Gasteiger partial charge >= 0.3 is 0 Å². The van der Waals surface area contributed by atoms with Crippen LogP contribution in [0.1, 0.15) is 25.3 Å². The van der Waals surface area contributed by atoms with Gasteiger partial charge in [-0.15, -0.1) is 0 Å². The lowest BCUT2D eigenvalue weighted by atomic mass is 10.1. The van der Waals surface area contributed by atoms with Gasteiger partial charge in [0, 0.05) is 18.7 Å². The first-order valence-electron chi connectivity index (χ1n) is 6.97. The Bertz CT molecular complexity index is 677. The van der Waals surface area contributed by atoms with Gasteiger partial charge < -0.3 is 5.73 Å². The molecule has 1 aliphatic heterocycles. The highest BCUT2D eigenvalue weighted by molar-refractivity contribution is 7.89. The van der Waals surface area contributed by atoms with Crippen LogP contribution >= 0.6 is 0 Å². The van der Waals surface area contributed by atoms with E-state index in [1.54, 1.807) is 0 Å². The Morgan fingerprint density at radius 1 is 1.48 bits per heavy atom. The summed E-state index contributed by atoms with van der Waals surface area (Å²) in [4.78, 5) is -0.280. The Hall–Kier alpha value is -1.42. The maximum atomic E-state index is 14.1. The van der Waals surface area contributed by atoms with E-state index >= 15 is 0 Å². The van der Waals surface area contributed by atoms with E-state index in [0.717, 1.165) is 18.9 Å². The topological polar surface area (TPSA) is 63.4 Å². The Morgan fingerprint density at radius 3 is 2.81 bits per heavy atom. The predicted octanol–water partition coefficient (Wildman–Crippen LogP) is 1.56. The molecule has 1 aromatic carbocycles. The molecule has 0 aromatic heterocycles. The van der Waals surface area contributed by atoms with Crippen molar-refractivity contribution in [1.82, 2.24) is 4.31 Å². The molecule has 0 saturated carbocycles. The Morgan fingerprint density at radius 2 is 2.24 bits per heavy atom. The van der Waals surface area contributed by atoms with Gasteiger partial charge in [0.1, 0.15) is 10.7 Å². The van der Waals surface area contributed by atoms with Crippen molar-refractivity contribution in [2.45, 2.75) is 24.7 Å². The van der Waals surface area contributed by atoms with Crippen LogP contribution in [0.5, 0.6) is 0 Å². The first-order chi connectivity index (χ1) is 9.98. The molecule has 21 heavy (non-hydrogen) atoms. The maximum absolute atomic E-state index is 14.1. The molecule has 6 heteroatoms. The Labute approximate surface area is 125 Å². The van der Waals surface area contributed by atoms with Gasteiger partial charge in [-0.25, -0.2) is 12.8 Å². The van der Waals surface area contributed by atoms with Crippen LogP contribution in [0.4, 0.5) is 4.39 Å². The lowest BCUT2D eigenvalue weighted by Gasteiger charge is -2.17. The largest absolute Gasteiger partial charge is 0.320 e. The molecule has 114 valence electrons. The van der Waals surface area contributed by atoms with Gasteiger partial charge in [0.2, 0.25) is 10.0 Å². The summed E-state index contributed by atoms with van der Waals surface area (Å²) >= 11 is 0. The van der Waals surface area contributed by atoms with E-state index in [4.69, 9.17) is 5.73 Å². The van der Waals surface area contributed by atoms with Crippen LogP contribution in [-0.2, 0) is 10.0 Å². The molecule has 2 rings (SSSR count). The molecular weight excluding hydrogens is 291 g/mol. The first-order valence-corrected chi connectivity index (χ1v) is 8.41. The number of nitrogens with two attached hydrogens (primary N) is 1. The van der Waals surface area contributed by atoms with Crippen molar-refractivity contribution in [1.29, 1.82) is 0 Å². The number of benzene rings is 1. The second-order valence-corrected chi connectivity index (χ2v) is 6.98. The molecule has 1 aliphatic rings. The molecule has 0 amide bonds. The van der Waals surface area contributed by atoms with E-state index in [1.165, 1.54) is 16.4 Å². The zero-order valence-corrected chi connectivity index (χ0v) is 12.8. The van der Waals surface area contributed by atoms with E-state index in [2.05, 4.69) is 11.8 Å². The number of nitrogens with zero attached hydrogens (tertiary/aromatic N) is 1. The van der Waals surface area contributed by atoms with Gasteiger partial charge in [-0.2, -0.15) is 4.31 Å². The first kappa shape index (κ1) is 16.0. The molecule has 1 aromatic rings. The van der Waals surface area contributed by atoms with Crippen LogP contribution < -0.4 is 5.73 Å². The summed E-state index contributed by atoms with van der Waals surface area (Å²) in [5.74, 6) is 4.89. The third-order valence-corrected chi connectivity index (χ3v) is 5.61.